The lowest BCUT2D eigenvalue weighted by atomic mass is 10.1. The Morgan fingerprint density at radius 1 is 1.06 bits per heavy atom. The summed E-state index contributed by atoms with van der Waals surface area (Å²) < 4.78 is 13.0. The maximum absolute atomic E-state index is 5.88. The van der Waals surface area contributed by atoms with Crippen LogP contribution in [0.15, 0.2) is 66.2 Å². The molecule has 31 heavy (non-hydrogen) atoms. The van der Waals surface area contributed by atoms with Gasteiger partial charge in [0.05, 0.1) is 12.9 Å². The minimum absolute atomic E-state index is 0.523. The van der Waals surface area contributed by atoms with E-state index in [0.29, 0.717) is 26.3 Å². The van der Waals surface area contributed by atoms with Crippen LogP contribution in [0.1, 0.15) is 22.3 Å². The molecular weight excluding hydrogens is 390 g/mol. The summed E-state index contributed by atoms with van der Waals surface area (Å²) in [5, 5.41) is 6.76. The van der Waals surface area contributed by atoms with E-state index in [1.807, 2.05) is 12.5 Å². The van der Waals surface area contributed by atoms with E-state index in [1.54, 1.807) is 20.4 Å². The van der Waals surface area contributed by atoms with E-state index in [9.17, 15) is 0 Å². The van der Waals surface area contributed by atoms with Crippen LogP contribution in [0.3, 0.4) is 0 Å². The molecule has 0 bridgehead atoms. The van der Waals surface area contributed by atoms with Gasteiger partial charge in [0.1, 0.15) is 12.4 Å². The van der Waals surface area contributed by atoms with Gasteiger partial charge in [-0.3, -0.25) is 4.99 Å². The number of rotatable bonds is 10. The number of ether oxygens (including phenoxy) is 2. The Labute approximate surface area is 184 Å². The molecule has 1 heterocycles. The van der Waals surface area contributed by atoms with Crippen LogP contribution in [0.25, 0.3) is 0 Å². The molecule has 0 atom stereocenters. The van der Waals surface area contributed by atoms with Crippen LogP contribution >= 0.6 is 0 Å². The Bertz CT molecular complexity index is 970. The van der Waals surface area contributed by atoms with Gasteiger partial charge in [0, 0.05) is 51.7 Å². The quantitative estimate of drug-likeness (QED) is 0.299. The molecule has 0 radical (unpaired) electrons. The predicted molar refractivity (Wildman–Crippen MR) is 123 cm³/mol. The van der Waals surface area contributed by atoms with Crippen LogP contribution in [-0.4, -0.2) is 42.9 Å². The largest absolute Gasteiger partial charge is 0.491 e. The summed E-state index contributed by atoms with van der Waals surface area (Å²) in [7, 11) is 3.45. The third-order valence-corrected chi connectivity index (χ3v) is 4.81. The molecule has 164 valence electrons. The van der Waals surface area contributed by atoms with Gasteiger partial charge in [0.25, 0.3) is 0 Å². The van der Waals surface area contributed by atoms with E-state index in [-0.39, 0.29) is 0 Å². The Morgan fingerprint density at radius 2 is 1.90 bits per heavy atom. The number of benzene rings is 2. The Hall–Kier alpha value is -3.32. The normalized spacial score (nSPS) is 11.4. The topological polar surface area (TPSA) is 72.7 Å². The van der Waals surface area contributed by atoms with Crippen LogP contribution in [0.5, 0.6) is 5.75 Å². The fourth-order valence-electron chi connectivity index (χ4n) is 3.19. The van der Waals surface area contributed by atoms with Crippen molar-refractivity contribution >= 4 is 5.96 Å². The number of guanidine groups is 1. The minimum atomic E-state index is 0.523. The summed E-state index contributed by atoms with van der Waals surface area (Å²) in [6.45, 7) is 5.24. The molecule has 0 aliphatic carbocycles. The first-order chi connectivity index (χ1) is 15.2. The molecule has 0 spiro atoms. The highest BCUT2D eigenvalue weighted by molar-refractivity contribution is 5.79. The van der Waals surface area contributed by atoms with Crippen molar-refractivity contribution in [3.8, 4) is 5.75 Å². The number of aromatic nitrogens is 2. The SMILES string of the molecule is CN=C(NCc1cccc(Cn2ccnc2)c1)NCc1ccc(C)cc1OCCOC. The van der Waals surface area contributed by atoms with Crippen LogP contribution in [0, 0.1) is 6.92 Å². The van der Waals surface area contributed by atoms with Gasteiger partial charge in [0.15, 0.2) is 5.96 Å². The van der Waals surface area contributed by atoms with Crippen LogP contribution in [0.2, 0.25) is 0 Å². The Kier molecular flexibility index (Phi) is 8.48. The highest BCUT2D eigenvalue weighted by Gasteiger charge is 2.06. The molecule has 3 aromatic rings. The number of hydrogen-bond donors (Lipinski definition) is 2. The fraction of sp³-hybridized carbons (Fsp3) is 0.333. The molecule has 0 fully saturated rings. The van der Waals surface area contributed by atoms with Gasteiger partial charge in [-0.2, -0.15) is 0 Å². The van der Waals surface area contributed by atoms with Crippen LogP contribution in [0.4, 0.5) is 0 Å². The van der Waals surface area contributed by atoms with E-state index >= 15 is 0 Å². The van der Waals surface area contributed by atoms with E-state index in [2.05, 4.69) is 74.6 Å². The monoisotopic (exact) mass is 421 g/mol. The minimum Gasteiger partial charge on any atom is -0.491 e. The van der Waals surface area contributed by atoms with Crippen molar-refractivity contribution in [3.63, 3.8) is 0 Å². The van der Waals surface area contributed by atoms with Crippen LogP contribution < -0.4 is 15.4 Å². The molecule has 1 aromatic heterocycles. The summed E-state index contributed by atoms with van der Waals surface area (Å²) >= 11 is 0. The summed E-state index contributed by atoms with van der Waals surface area (Å²) in [6.07, 6.45) is 5.59. The number of methoxy groups -OCH3 is 1. The number of aliphatic imine (C=N–C) groups is 1. The fourth-order valence-corrected chi connectivity index (χ4v) is 3.19. The number of nitrogens with one attached hydrogen (secondary N) is 2. The Balaban J connectivity index is 1.54. The number of imidazole rings is 1. The van der Waals surface area contributed by atoms with Crippen molar-refractivity contribution in [3.05, 3.63) is 83.4 Å². The zero-order valence-corrected chi connectivity index (χ0v) is 18.5. The molecule has 3 rings (SSSR count). The molecule has 7 nitrogen and oxygen atoms in total. The average Bonchev–Trinajstić information content (AvgIpc) is 3.28. The maximum atomic E-state index is 5.88. The number of hydrogen-bond acceptors (Lipinski definition) is 4. The lowest BCUT2D eigenvalue weighted by molar-refractivity contribution is 0.145. The summed E-state index contributed by atoms with van der Waals surface area (Å²) in [6, 6.07) is 14.7. The van der Waals surface area contributed by atoms with Crippen molar-refractivity contribution in [1.82, 2.24) is 20.2 Å². The van der Waals surface area contributed by atoms with E-state index in [4.69, 9.17) is 9.47 Å². The second-order valence-electron chi connectivity index (χ2n) is 7.29. The molecule has 0 saturated carbocycles. The highest BCUT2D eigenvalue weighted by atomic mass is 16.5. The molecule has 2 aromatic carbocycles. The van der Waals surface area contributed by atoms with Crippen molar-refractivity contribution < 1.29 is 9.47 Å². The van der Waals surface area contributed by atoms with Crippen molar-refractivity contribution in [2.45, 2.75) is 26.6 Å². The van der Waals surface area contributed by atoms with E-state index < -0.39 is 0 Å². The molecule has 2 N–H and O–H groups in total. The van der Waals surface area contributed by atoms with E-state index in [0.717, 1.165) is 29.4 Å². The first-order valence-corrected chi connectivity index (χ1v) is 10.4. The van der Waals surface area contributed by atoms with Crippen molar-refractivity contribution in [1.29, 1.82) is 0 Å². The van der Waals surface area contributed by atoms with Gasteiger partial charge in [-0.1, -0.05) is 36.4 Å². The van der Waals surface area contributed by atoms with E-state index in [1.165, 1.54) is 11.1 Å². The second kappa shape index (κ2) is 11.8. The third kappa shape index (κ3) is 7.15. The molecule has 0 amide bonds. The molecule has 0 unspecified atom stereocenters. The number of nitrogens with zero attached hydrogens (tertiary/aromatic N) is 3. The summed E-state index contributed by atoms with van der Waals surface area (Å²) in [4.78, 5) is 8.45. The summed E-state index contributed by atoms with van der Waals surface area (Å²) in [5.74, 6) is 1.61. The predicted octanol–water partition coefficient (Wildman–Crippen LogP) is 3.13. The third-order valence-electron chi connectivity index (χ3n) is 4.81. The smallest absolute Gasteiger partial charge is 0.191 e. The van der Waals surface area contributed by atoms with Crippen LogP contribution in [-0.2, 0) is 24.4 Å². The maximum Gasteiger partial charge on any atom is 0.191 e. The first-order valence-electron chi connectivity index (χ1n) is 10.4. The lowest BCUT2D eigenvalue weighted by Crippen LogP contribution is -2.36. The number of aryl methyl sites for hydroxylation is 1. The van der Waals surface area contributed by atoms with Gasteiger partial charge in [-0.05, 0) is 29.7 Å². The molecule has 0 aliphatic heterocycles. The standard InChI is InChI=1S/C24H31N5O2/c1-19-7-8-22(23(13-19)31-12-11-30-3)16-28-24(25-2)27-15-20-5-4-6-21(14-20)17-29-10-9-26-18-29/h4-10,13-14,18H,11-12,15-17H2,1-3H3,(H2,25,27,28). The highest BCUT2D eigenvalue weighted by Crippen LogP contribution is 2.20. The Morgan fingerprint density at radius 3 is 2.68 bits per heavy atom. The molecule has 0 saturated heterocycles. The zero-order valence-electron chi connectivity index (χ0n) is 18.5. The summed E-state index contributed by atoms with van der Waals surface area (Å²) in [5.41, 5.74) is 4.67. The van der Waals surface area contributed by atoms with Gasteiger partial charge < -0.3 is 24.7 Å². The first kappa shape index (κ1) is 22.4. The zero-order chi connectivity index (χ0) is 21.9. The van der Waals surface area contributed by atoms with Gasteiger partial charge in [-0.15, -0.1) is 0 Å². The second-order valence-corrected chi connectivity index (χ2v) is 7.29. The molecular formula is C24H31N5O2. The van der Waals surface area contributed by atoms with Gasteiger partial charge >= 0.3 is 0 Å². The molecule has 0 aliphatic rings. The molecule has 7 heteroatoms. The van der Waals surface area contributed by atoms with Gasteiger partial charge in [0.2, 0.25) is 0 Å². The van der Waals surface area contributed by atoms with Crippen molar-refractivity contribution in [2.75, 3.05) is 27.4 Å². The van der Waals surface area contributed by atoms with Crippen molar-refractivity contribution in [2.24, 2.45) is 4.99 Å². The van der Waals surface area contributed by atoms with Gasteiger partial charge in [-0.25, -0.2) is 4.98 Å². The average molecular weight is 422 g/mol. The lowest BCUT2D eigenvalue weighted by Gasteiger charge is -2.16.